The van der Waals surface area contributed by atoms with E-state index in [1.807, 2.05) is 0 Å². The van der Waals surface area contributed by atoms with Gasteiger partial charge in [0.05, 0.1) is 15.7 Å². The van der Waals surface area contributed by atoms with Gasteiger partial charge in [0.25, 0.3) is 5.91 Å². The van der Waals surface area contributed by atoms with E-state index in [1.165, 1.54) is 12.1 Å². The Labute approximate surface area is 147 Å². The zero-order valence-corrected chi connectivity index (χ0v) is 16.2. The van der Waals surface area contributed by atoms with Crippen molar-refractivity contribution in [3.8, 4) is 5.75 Å². The molecule has 1 heterocycles. The minimum Gasteiger partial charge on any atom is -0.507 e. The molecule has 0 spiro atoms. The summed E-state index contributed by atoms with van der Waals surface area (Å²) in [5.41, 5.74) is 0.527. The summed E-state index contributed by atoms with van der Waals surface area (Å²) in [5.74, 6) is -0.607. The van der Waals surface area contributed by atoms with E-state index in [1.54, 1.807) is 6.92 Å². The Kier molecular flexibility index (Phi) is 4.95. The zero-order chi connectivity index (χ0) is 16.7. The summed E-state index contributed by atoms with van der Waals surface area (Å²) in [7, 11) is -3.39. The first-order valence-corrected chi connectivity index (χ1v) is 10.1. The Morgan fingerprint density at radius 2 is 2.00 bits per heavy atom. The number of amides is 1. The van der Waals surface area contributed by atoms with Gasteiger partial charge in [-0.3, -0.25) is 10.1 Å². The molecule has 0 fully saturated rings. The first kappa shape index (κ1) is 17.4. The van der Waals surface area contributed by atoms with Crippen molar-refractivity contribution in [2.75, 3.05) is 11.6 Å². The Morgan fingerprint density at radius 1 is 1.36 bits per heavy atom. The van der Waals surface area contributed by atoms with Crippen LogP contribution in [0.1, 0.15) is 16.1 Å². The summed E-state index contributed by atoms with van der Waals surface area (Å²) >= 11 is 7.21. The largest absolute Gasteiger partial charge is 0.507 e. The van der Waals surface area contributed by atoms with Crippen molar-refractivity contribution in [3.05, 3.63) is 32.3 Å². The number of phenolic OH excluding ortho intramolecular Hbond substituents is 1. The number of hydrogen-bond donors (Lipinski definition) is 2. The number of phenols is 1. The van der Waals surface area contributed by atoms with Gasteiger partial charge >= 0.3 is 0 Å². The lowest BCUT2D eigenvalue weighted by Gasteiger charge is -2.06. The number of nitrogens with zero attached hydrogens (tertiary/aromatic N) is 1. The SMILES string of the molecule is Cc1nc(NC(=O)c2cc(Br)cc(O)c2Br)sc1S(C)(=O)=O. The molecule has 118 valence electrons. The van der Waals surface area contributed by atoms with E-state index in [-0.39, 0.29) is 25.1 Å². The molecule has 1 amide bonds. The van der Waals surface area contributed by atoms with Crippen molar-refractivity contribution in [2.45, 2.75) is 11.1 Å². The van der Waals surface area contributed by atoms with Crippen LogP contribution in [-0.2, 0) is 9.84 Å². The fraction of sp³-hybridized carbons (Fsp3) is 0.167. The number of aromatic nitrogens is 1. The molecule has 0 radical (unpaired) electrons. The summed E-state index contributed by atoms with van der Waals surface area (Å²) in [5, 5.41) is 12.4. The quantitative estimate of drug-likeness (QED) is 0.718. The maximum Gasteiger partial charge on any atom is 0.258 e. The number of aryl methyl sites for hydroxylation is 1. The van der Waals surface area contributed by atoms with Crippen LogP contribution in [0.25, 0.3) is 0 Å². The highest BCUT2D eigenvalue weighted by Gasteiger charge is 2.20. The van der Waals surface area contributed by atoms with Crippen LogP contribution in [0.5, 0.6) is 5.75 Å². The maximum atomic E-state index is 12.3. The van der Waals surface area contributed by atoms with Gasteiger partial charge in [0.15, 0.2) is 15.0 Å². The second-order valence-corrected chi connectivity index (χ2v) is 9.32. The first-order chi connectivity index (χ1) is 10.1. The van der Waals surface area contributed by atoms with E-state index in [9.17, 15) is 18.3 Å². The van der Waals surface area contributed by atoms with Gasteiger partial charge < -0.3 is 5.11 Å². The molecule has 0 unspecified atom stereocenters. The summed E-state index contributed by atoms with van der Waals surface area (Å²) in [4.78, 5) is 16.3. The Hall–Kier alpha value is -0.970. The lowest BCUT2D eigenvalue weighted by Crippen LogP contribution is -2.12. The smallest absolute Gasteiger partial charge is 0.258 e. The second kappa shape index (κ2) is 6.26. The lowest BCUT2D eigenvalue weighted by molar-refractivity contribution is 0.102. The van der Waals surface area contributed by atoms with E-state index in [0.717, 1.165) is 17.6 Å². The number of thiazole rings is 1. The van der Waals surface area contributed by atoms with Crippen LogP contribution in [0.15, 0.2) is 25.3 Å². The third-order valence-electron chi connectivity index (χ3n) is 2.57. The number of sulfone groups is 1. The van der Waals surface area contributed by atoms with E-state index in [4.69, 9.17) is 0 Å². The number of aromatic hydroxyl groups is 1. The van der Waals surface area contributed by atoms with Crippen LogP contribution < -0.4 is 5.32 Å². The van der Waals surface area contributed by atoms with Crippen LogP contribution in [0.4, 0.5) is 5.13 Å². The summed E-state index contributed by atoms with van der Waals surface area (Å²) in [6.45, 7) is 1.56. The third kappa shape index (κ3) is 3.67. The molecular weight excluding hydrogens is 460 g/mol. The molecule has 0 saturated heterocycles. The lowest BCUT2D eigenvalue weighted by atomic mass is 10.2. The van der Waals surface area contributed by atoms with E-state index >= 15 is 0 Å². The number of halogens is 2. The minimum atomic E-state index is -3.39. The normalized spacial score (nSPS) is 11.5. The molecule has 6 nitrogen and oxygen atoms in total. The second-order valence-electron chi connectivity index (χ2n) is 4.40. The van der Waals surface area contributed by atoms with Gasteiger partial charge in [-0.25, -0.2) is 13.4 Å². The van der Waals surface area contributed by atoms with Crippen molar-refractivity contribution < 1.29 is 18.3 Å². The predicted octanol–water partition coefficient (Wildman–Crippen LogP) is 3.34. The summed E-state index contributed by atoms with van der Waals surface area (Å²) < 4.78 is 24.0. The van der Waals surface area contributed by atoms with Crippen molar-refractivity contribution in [3.63, 3.8) is 0 Å². The summed E-state index contributed by atoms with van der Waals surface area (Å²) in [6, 6.07) is 2.97. The van der Waals surface area contributed by atoms with Gasteiger partial charge in [0, 0.05) is 10.7 Å². The first-order valence-electron chi connectivity index (χ1n) is 5.76. The molecule has 0 atom stereocenters. The number of benzene rings is 1. The number of anilines is 1. The van der Waals surface area contributed by atoms with Gasteiger partial charge in [0.2, 0.25) is 0 Å². The Balaban J connectivity index is 2.35. The topological polar surface area (TPSA) is 96.4 Å². The van der Waals surface area contributed by atoms with Crippen LogP contribution in [0.3, 0.4) is 0 Å². The van der Waals surface area contributed by atoms with Gasteiger partial charge in [-0.2, -0.15) is 0 Å². The number of carbonyl (C=O) groups excluding carboxylic acids is 1. The molecule has 2 aromatic rings. The standard InChI is InChI=1S/C12H10Br2N2O4S2/c1-5-11(22(2,19)20)21-12(15-5)16-10(18)7-3-6(13)4-8(17)9(7)14/h3-4,17H,1-2H3,(H,15,16,18). The van der Waals surface area contributed by atoms with Gasteiger partial charge in [-0.15, -0.1) is 0 Å². The third-order valence-corrected chi connectivity index (χ3v) is 6.86. The fourth-order valence-electron chi connectivity index (χ4n) is 1.68. The van der Waals surface area contributed by atoms with Crippen molar-refractivity contribution >= 4 is 64.1 Å². The molecule has 0 aliphatic rings. The van der Waals surface area contributed by atoms with Gasteiger partial charge in [-0.1, -0.05) is 27.3 Å². The molecule has 1 aromatic heterocycles. The summed E-state index contributed by atoms with van der Waals surface area (Å²) in [6.07, 6.45) is 1.09. The number of rotatable bonds is 3. The van der Waals surface area contributed by atoms with Crippen LogP contribution in [0.2, 0.25) is 0 Å². The van der Waals surface area contributed by atoms with Crippen molar-refractivity contribution in [1.29, 1.82) is 0 Å². The van der Waals surface area contributed by atoms with E-state index in [2.05, 4.69) is 42.2 Å². The molecule has 0 aliphatic carbocycles. The molecule has 10 heteroatoms. The number of carbonyl (C=O) groups is 1. The molecule has 22 heavy (non-hydrogen) atoms. The highest BCUT2D eigenvalue weighted by atomic mass is 79.9. The monoisotopic (exact) mass is 468 g/mol. The van der Waals surface area contributed by atoms with Crippen molar-refractivity contribution in [1.82, 2.24) is 4.98 Å². The average Bonchev–Trinajstić information content (AvgIpc) is 2.74. The number of hydrogen-bond acceptors (Lipinski definition) is 6. The molecule has 2 rings (SSSR count). The van der Waals surface area contributed by atoms with Crippen molar-refractivity contribution in [2.24, 2.45) is 0 Å². The Morgan fingerprint density at radius 3 is 2.55 bits per heavy atom. The molecule has 1 aromatic carbocycles. The molecule has 0 aliphatic heterocycles. The van der Waals surface area contributed by atoms with Gasteiger partial charge in [-0.05, 0) is 35.0 Å². The van der Waals surface area contributed by atoms with E-state index in [0.29, 0.717) is 10.2 Å². The molecule has 0 bridgehead atoms. The molecule has 2 N–H and O–H groups in total. The van der Waals surface area contributed by atoms with E-state index < -0.39 is 15.7 Å². The van der Waals surface area contributed by atoms with Crippen LogP contribution in [-0.4, -0.2) is 30.7 Å². The average molecular weight is 470 g/mol. The highest BCUT2D eigenvalue weighted by molar-refractivity contribution is 9.11. The molecular formula is C12H10Br2N2O4S2. The Bertz CT molecular complexity index is 862. The number of nitrogens with one attached hydrogen (secondary N) is 1. The van der Waals surface area contributed by atoms with Gasteiger partial charge in [0.1, 0.15) is 9.96 Å². The maximum absolute atomic E-state index is 12.3. The molecule has 0 saturated carbocycles. The zero-order valence-electron chi connectivity index (χ0n) is 11.3. The minimum absolute atomic E-state index is 0.0910. The highest BCUT2D eigenvalue weighted by Crippen LogP contribution is 2.33. The predicted molar refractivity (Wildman–Crippen MR) is 91.4 cm³/mol. The van der Waals surface area contributed by atoms with Crippen LogP contribution in [0, 0.1) is 6.92 Å². The fourth-order valence-corrected chi connectivity index (χ4v) is 4.66. The van der Waals surface area contributed by atoms with Crippen LogP contribution >= 0.6 is 43.2 Å².